The number of aromatic nitrogens is 2. The maximum Gasteiger partial charge on any atom is 0.349 e. The van der Waals surface area contributed by atoms with Gasteiger partial charge in [0.05, 0.1) is 33.8 Å². The highest BCUT2D eigenvalue weighted by atomic mass is 16.8. The summed E-state index contributed by atoms with van der Waals surface area (Å²) in [5.41, 5.74) is 0.649. The Morgan fingerprint density at radius 3 is 1.62 bits per heavy atom. The van der Waals surface area contributed by atoms with E-state index in [4.69, 9.17) is 18.9 Å². The normalized spacial score (nSPS) is 23.3. The number of carbonyl (C=O) groups is 3. The largest absolute Gasteiger partial charge is 0.419 e. The van der Waals surface area contributed by atoms with Crippen molar-refractivity contribution in [2.45, 2.75) is 30.4 Å². The number of aryl methyl sites for hydroxylation is 1. The number of nitrogens with zero attached hydrogens (tertiary/aromatic N) is 2. The van der Waals surface area contributed by atoms with E-state index < -0.39 is 48.0 Å². The Labute approximate surface area is 274 Å². The molecule has 0 amide bonds. The summed E-state index contributed by atoms with van der Waals surface area (Å²) in [6.07, 6.45) is -2.00. The number of benzene rings is 4. The van der Waals surface area contributed by atoms with Crippen LogP contribution in [0, 0.1) is 6.92 Å². The predicted octanol–water partition coefficient (Wildman–Crippen LogP) is 3.89. The number of ether oxygens (including phenoxy) is 4. The van der Waals surface area contributed by atoms with Gasteiger partial charge in [-0.15, -0.1) is 0 Å². The van der Waals surface area contributed by atoms with Crippen LogP contribution in [0.25, 0.3) is 5.69 Å². The van der Waals surface area contributed by atoms with Crippen molar-refractivity contribution < 1.29 is 48.7 Å². The third kappa shape index (κ3) is 5.63. The summed E-state index contributed by atoms with van der Waals surface area (Å²) < 4.78 is 24.4. The average molecular weight is 651 g/mol. The third-order valence-electron chi connectivity index (χ3n) is 7.78. The standard InChI is InChI=1S/C36H30N2O10/c1-24-22-29(38(37-24)28-20-12-5-13-21-28)30-35(43,47-32(41)26-16-8-3-9-17-26)36(44,48-33(42)27-18-10-4-11-19-27)34(23-39,45-30)46-31(40)25-14-6-2-7-15-25/h2-22,30,39,43-44H,23H2,1H3/t30?,34-,35+,36-/m0/s1. The Kier molecular flexibility index (Phi) is 8.65. The van der Waals surface area contributed by atoms with Crippen molar-refractivity contribution >= 4 is 17.9 Å². The van der Waals surface area contributed by atoms with Crippen molar-refractivity contribution in [3.8, 4) is 5.69 Å². The Hall–Kier alpha value is -5.66. The SMILES string of the molecule is Cc1cc(C2O[C@@](CO)(OC(=O)c3ccccc3)[C@](O)(OC(=O)c3ccccc3)[C@]2(O)OC(=O)c2ccccc2)n(-c2ccccc2)n1. The molecule has 1 saturated heterocycles. The summed E-state index contributed by atoms with van der Waals surface area (Å²) >= 11 is 0. The zero-order valence-corrected chi connectivity index (χ0v) is 25.5. The molecule has 6 rings (SSSR count). The molecule has 0 spiro atoms. The number of carbonyl (C=O) groups excluding carboxylic acids is 3. The molecule has 1 aliphatic heterocycles. The summed E-state index contributed by atoms with van der Waals surface area (Å²) in [5.74, 6) is -13.6. The van der Waals surface area contributed by atoms with Crippen LogP contribution in [0.5, 0.6) is 0 Å². The molecule has 1 unspecified atom stereocenters. The maximum atomic E-state index is 13.6. The molecule has 1 aromatic heterocycles. The van der Waals surface area contributed by atoms with Gasteiger partial charge in [-0.2, -0.15) is 5.10 Å². The summed E-state index contributed by atoms with van der Waals surface area (Å²) in [7, 11) is 0. The van der Waals surface area contributed by atoms with E-state index >= 15 is 0 Å². The monoisotopic (exact) mass is 650 g/mol. The molecule has 4 aromatic carbocycles. The summed E-state index contributed by atoms with van der Waals surface area (Å²) in [6, 6.07) is 32.5. The minimum Gasteiger partial charge on any atom is -0.419 e. The number of aliphatic hydroxyl groups is 3. The molecule has 5 aromatic rings. The van der Waals surface area contributed by atoms with Crippen LogP contribution in [-0.2, 0) is 18.9 Å². The first-order chi connectivity index (χ1) is 23.1. The molecule has 0 radical (unpaired) electrons. The minimum atomic E-state index is -3.61. The molecular weight excluding hydrogens is 620 g/mol. The molecule has 2 heterocycles. The second kappa shape index (κ2) is 12.9. The van der Waals surface area contributed by atoms with Crippen LogP contribution in [0.15, 0.2) is 127 Å². The van der Waals surface area contributed by atoms with Gasteiger partial charge in [-0.1, -0.05) is 72.8 Å². The van der Waals surface area contributed by atoms with Crippen LogP contribution in [-0.4, -0.2) is 67.0 Å². The van der Waals surface area contributed by atoms with E-state index in [1.54, 1.807) is 79.7 Å². The smallest absolute Gasteiger partial charge is 0.349 e. The lowest BCUT2D eigenvalue weighted by Crippen LogP contribution is -2.69. The van der Waals surface area contributed by atoms with E-state index in [-0.39, 0.29) is 22.4 Å². The van der Waals surface area contributed by atoms with E-state index in [1.807, 2.05) is 0 Å². The lowest BCUT2D eigenvalue weighted by Gasteiger charge is -2.41. The van der Waals surface area contributed by atoms with Crippen molar-refractivity contribution in [1.29, 1.82) is 0 Å². The Morgan fingerprint density at radius 1 is 0.708 bits per heavy atom. The molecule has 12 heteroatoms. The van der Waals surface area contributed by atoms with E-state index in [1.165, 1.54) is 59.3 Å². The first kappa shape index (κ1) is 32.3. The molecule has 244 valence electrons. The Balaban J connectivity index is 1.57. The van der Waals surface area contributed by atoms with Gasteiger partial charge >= 0.3 is 35.3 Å². The highest BCUT2D eigenvalue weighted by Gasteiger charge is 2.82. The van der Waals surface area contributed by atoms with Gasteiger partial charge in [0.25, 0.3) is 0 Å². The van der Waals surface area contributed by atoms with Gasteiger partial charge in [-0.05, 0) is 61.5 Å². The second-order valence-corrected chi connectivity index (χ2v) is 11.0. The topological polar surface area (TPSA) is 167 Å². The molecule has 12 nitrogen and oxygen atoms in total. The van der Waals surface area contributed by atoms with Crippen LogP contribution in [0.4, 0.5) is 0 Å². The first-order valence-corrected chi connectivity index (χ1v) is 14.8. The van der Waals surface area contributed by atoms with E-state index in [2.05, 4.69) is 5.10 Å². The summed E-state index contributed by atoms with van der Waals surface area (Å²) in [5, 5.41) is 40.7. The first-order valence-electron chi connectivity index (χ1n) is 14.8. The number of aliphatic hydroxyl groups excluding tert-OH is 1. The predicted molar refractivity (Wildman–Crippen MR) is 167 cm³/mol. The average Bonchev–Trinajstić information content (AvgIpc) is 3.59. The van der Waals surface area contributed by atoms with Gasteiger partial charge in [0.1, 0.15) is 6.61 Å². The van der Waals surface area contributed by atoms with Crippen molar-refractivity contribution in [3.63, 3.8) is 0 Å². The summed E-state index contributed by atoms with van der Waals surface area (Å²) in [6.45, 7) is 0.258. The van der Waals surface area contributed by atoms with Gasteiger partial charge in [0.15, 0.2) is 6.10 Å². The minimum absolute atomic E-state index is 0.0256. The molecule has 1 aliphatic rings. The van der Waals surface area contributed by atoms with Gasteiger partial charge in [0, 0.05) is 0 Å². The Bertz CT molecular complexity index is 1920. The fourth-order valence-corrected chi connectivity index (χ4v) is 5.41. The van der Waals surface area contributed by atoms with Crippen molar-refractivity contribution in [1.82, 2.24) is 9.78 Å². The maximum absolute atomic E-state index is 13.6. The molecule has 4 atom stereocenters. The van der Waals surface area contributed by atoms with Crippen molar-refractivity contribution in [2.24, 2.45) is 0 Å². The number of esters is 3. The highest BCUT2D eigenvalue weighted by molar-refractivity contribution is 5.91. The fraction of sp³-hybridized carbons (Fsp3) is 0.167. The molecule has 0 aliphatic carbocycles. The van der Waals surface area contributed by atoms with Crippen LogP contribution in [0.3, 0.4) is 0 Å². The molecule has 0 saturated carbocycles. The number of para-hydroxylation sites is 1. The Morgan fingerprint density at radius 2 is 1.15 bits per heavy atom. The molecule has 48 heavy (non-hydrogen) atoms. The van der Waals surface area contributed by atoms with Crippen molar-refractivity contribution in [2.75, 3.05) is 6.61 Å². The van der Waals surface area contributed by atoms with Gasteiger partial charge in [0.2, 0.25) is 0 Å². The van der Waals surface area contributed by atoms with Crippen LogP contribution in [0.1, 0.15) is 48.6 Å². The van der Waals surface area contributed by atoms with E-state index in [0.29, 0.717) is 11.4 Å². The van der Waals surface area contributed by atoms with E-state index in [9.17, 15) is 29.7 Å². The number of rotatable bonds is 9. The lowest BCUT2D eigenvalue weighted by molar-refractivity contribution is -0.393. The van der Waals surface area contributed by atoms with E-state index in [0.717, 1.165) is 0 Å². The number of hydrogen-bond donors (Lipinski definition) is 3. The molecule has 3 N–H and O–H groups in total. The zero-order valence-electron chi connectivity index (χ0n) is 25.5. The second-order valence-electron chi connectivity index (χ2n) is 11.0. The summed E-state index contributed by atoms with van der Waals surface area (Å²) in [4.78, 5) is 40.8. The number of hydrogen-bond acceptors (Lipinski definition) is 11. The highest BCUT2D eigenvalue weighted by Crippen LogP contribution is 2.56. The fourth-order valence-electron chi connectivity index (χ4n) is 5.41. The van der Waals surface area contributed by atoms with Gasteiger partial charge in [-0.25, -0.2) is 19.1 Å². The molecular formula is C36H30N2O10. The van der Waals surface area contributed by atoms with Crippen LogP contribution in [0.2, 0.25) is 0 Å². The third-order valence-corrected chi connectivity index (χ3v) is 7.78. The van der Waals surface area contributed by atoms with Crippen LogP contribution < -0.4 is 0 Å². The van der Waals surface area contributed by atoms with Gasteiger partial charge < -0.3 is 34.3 Å². The van der Waals surface area contributed by atoms with Crippen LogP contribution >= 0.6 is 0 Å². The van der Waals surface area contributed by atoms with Crippen molar-refractivity contribution in [3.05, 3.63) is 155 Å². The molecule has 1 fully saturated rings. The van der Waals surface area contributed by atoms with Gasteiger partial charge in [-0.3, -0.25) is 0 Å². The lowest BCUT2D eigenvalue weighted by atomic mass is 9.93. The quantitative estimate of drug-likeness (QED) is 0.120. The molecule has 0 bridgehead atoms. The zero-order chi connectivity index (χ0) is 33.9.